The molecule has 0 saturated heterocycles. The van der Waals surface area contributed by atoms with Crippen LogP contribution in [-0.4, -0.2) is 26.7 Å². The van der Waals surface area contributed by atoms with E-state index in [1.54, 1.807) is 20.2 Å². The molecule has 2 N–H and O–H groups in total. The molecule has 0 aromatic heterocycles. The highest BCUT2D eigenvalue weighted by Crippen LogP contribution is 2.24. The summed E-state index contributed by atoms with van der Waals surface area (Å²) >= 11 is 5.95. The van der Waals surface area contributed by atoms with Crippen LogP contribution in [0.4, 0.5) is 8.78 Å². The second-order valence-electron chi connectivity index (χ2n) is 5.22. The highest BCUT2D eigenvalue weighted by molar-refractivity contribution is 14.0. The molecular formula is C18H21ClF2IN3O2. The zero-order valence-corrected chi connectivity index (χ0v) is 17.9. The number of halogens is 4. The molecule has 0 saturated carbocycles. The van der Waals surface area contributed by atoms with Gasteiger partial charge in [-0.2, -0.15) is 8.78 Å². The van der Waals surface area contributed by atoms with E-state index in [9.17, 15) is 8.78 Å². The first kappa shape index (κ1) is 23.2. The van der Waals surface area contributed by atoms with E-state index in [0.29, 0.717) is 23.1 Å². The summed E-state index contributed by atoms with van der Waals surface area (Å²) in [6.45, 7) is -2.20. The molecule has 0 amide bonds. The Labute approximate surface area is 179 Å². The van der Waals surface area contributed by atoms with Crippen LogP contribution in [0.2, 0.25) is 5.02 Å². The lowest BCUT2D eigenvalue weighted by Gasteiger charge is -2.15. The summed E-state index contributed by atoms with van der Waals surface area (Å²) in [5.41, 5.74) is 1.46. The van der Waals surface area contributed by atoms with Gasteiger partial charge in [0.2, 0.25) is 0 Å². The van der Waals surface area contributed by atoms with Gasteiger partial charge in [-0.05, 0) is 24.3 Å². The van der Waals surface area contributed by atoms with Crippen LogP contribution in [0.15, 0.2) is 47.5 Å². The summed E-state index contributed by atoms with van der Waals surface area (Å²) in [6.07, 6.45) is 0. The SMILES string of the molecule is CN=C(NCc1ccccc1OC)NCc1cc(Cl)ccc1OC(F)F.I. The monoisotopic (exact) mass is 511 g/mol. The number of ether oxygens (including phenoxy) is 2. The van der Waals surface area contributed by atoms with Crippen LogP contribution in [0.25, 0.3) is 0 Å². The van der Waals surface area contributed by atoms with Crippen molar-refractivity contribution in [3.8, 4) is 11.5 Å². The molecule has 0 radical (unpaired) electrons. The average Bonchev–Trinajstić information content (AvgIpc) is 2.63. The van der Waals surface area contributed by atoms with Crippen LogP contribution >= 0.6 is 35.6 Å². The summed E-state index contributed by atoms with van der Waals surface area (Å²) in [4.78, 5) is 4.12. The van der Waals surface area contributed by atoms with Gasteiger partial charge in [-0.15, -0.1) is 24.0 Å². The molecule has 9 heteroatoms. The Morgan fingerprint density at radius 1 is 1.07 bits per heavy atom. The fraction of sp³-hybridized carbons (Fsp3) is 0.278. The Balaban J connectivity index is 0.00000364. The third kappa shape index (κ3) is 7.37. The molecule has 0 heterocycles. The van der Waals surface area contributed by atoms with Crippen LogP contribution in [0.1, 0.15) is 11.1 Å². The van der Waals surface area contributed by atoms with Crippen molar-refractivity contribution in [2.75, 3.05) is 14.2 Å². The third-order valence-electron chi connectivity index (χ3n) is 3.55. The first-order chi connectivity index (χ1) is 12.5. The molecule has 0 bridgehead atoms. The van der Waals surface area contributed by atoms with E-state index < -0.39 is 6.61 Å². The van der Waals surface area contributed by atoms with Crippen molar-refractivity contribution in [2.24, 2.45) is 4.99 Å². The molecule has 0 atom stereocenters. The zero-order chi connectivity index (χ0) is 18.9. The van der Waals surface area contributed by atoms with Crippen LogP contribution in [0, 0.1) is 0 Å². The molecule has 148 valence electrons. The quantitative estimate of drug-likeness (QED) is 0.328. The van der Waals surface area contributed by atoms with Crippen molar-refractivity contribution in [3.05, 3.63) is 58.6 Å². The van der Waals surface area contributed by atoms with Crippen molar-refractivity contribution < 1.29 is 18.3 Å². The van der Waals surface area contributed by atoms with Crippen LogP contribution in [0.5, 0.6) is 11.5 Å². The van der Waals surface area contributed by atoms with Crippen LogP contribution in [-0.2, 0) is 13.1 Å². The van der Waals surface area contributed by atoms with Crippen molar-refractivity contribution in [1.82, 2.24) is 10.6 Å². The first-order valence-electron chi connectivity index (χ1n) is 7.83. The van der Waals surface area contributed by atoms with Gasteiger partial charge in [-0.25, -0.2) is 0 Å². The molecule has 5 nitrogen and oxygen atoms in total. The van der Waals surface area contributed by atoms with Gasteiger partial charge in [0.1, 0.15) is 11.5 Å². The lowest BCUT2D eigenvalue weighted by atomic mass is 10.2. The molecule has 0 spiro atoms. The van der Waals surface area contributed by atoms with Gasteiger partial charge in [-0.1, -0.05) is 29.8 Å². The van der Waals surface area contributed by atoms with Gasteiger partial charge in [-0.3, -0.25) is 4.99 Å². The number of nitrogens with zero attached hydrogens (tertiary/aromatic N) is 1. The normalized spacial score (nSPS) is 11.0. The fourth-order valence-electron chi connectivity index (χ4n) is 2.32. The largest absolute Gasteiger partial charge is 0.496 e. The predicted octanol–water partition coefficient (Wildman–Crippen LogP) is 4.43. The summed E-state index contributed by atoms with van der Waals surface area (Å²) in [5.74, 6) is 1.33. The molecule has 27 heavy (non-hydrogen) atoms. The second-order valence-corrected chi connectivity index (χ2v) is 5.66. The molecular weight excluding hydrogens is 491 g/mol. The number of methoxy groups -OCH3 is 1. The minimum absolute atomic E-state index is 0. The molecule has 2 aromatic rings. The molecule has 0 fully saturated rings. The van der Waals surface area contributed by atoms with E-state index in [1.165, 1.54) is 12.1 Å². The highest BCUT2D eigenvalue weighted by Gasteiger charge is 2.11. The van der Waals surface area contributed by atoms with Crippen molar-refractivity contribution in [2.45, 2.75) is 19.7 Å². The molecule has 0 aliphatic carbocycles. The number of alkyl halides is 2. The lowest BCUT2D eigenvalue weighted by molar-refractivity contribution is -0.0504. The number of nitrogens with one attached hydrogen (secondary N) is 2. The highest BCUT2D eigenvalue weighted by atomic mass is 127. The molecule has 0 aliphatic heterocycles. The Bertz CT molecular complexity index is 763. The number of benzene rings is 2. The van der Waals surface area contributed by atoms with Gasteiger partial charge in [0.05, 0.1) is 7.11 Å². The smallest absolute Gasteiger partial charge is 0.387 e. The van der Waals surface area contributed by atoms with Gasteiger partial charge in [0, 0.05) is 36.3 Å². The Kier molecular flexibility index (Phi) is 10.2. The topological polar surface area (TPSA) is 54.9 Å². The Morgan fingerprint density at radius 3 is 2.37 bits per heavy atom. The van der Waals surface area contributed by atoms with Crippen molar-refractivity contribution in [3.63, 3.8) is 0 Å². The van der Waals surface area contributed by atoms with E-state index in [2.05, 4.69) is 20.4 Å². The number of guanidine groups is 1. The minimum Gasteiger partial charge on any atom is -0.496 e. The summed E-state index contributed by atoms with van der Waals surface area (Å²) in [5, 5.41) is 6.62. The molecule has 0 aliphatic rings. The van der Waals surface area contributed by atoms with E-state index in [1.807, 2.05) is 24.3 Å². The number of hydrogen-bond acceptors (Lipinski definition) is 3. The van der Waals surface area contributed by atoms with Gasteiger partial charge in [0.15, 0.2) is 5.96 Å². The standard InChI is InChI=1S/C18H20ClF2N3O2.HI/c1-22-18(23-10-12-5-3-4-6-15(12)25-2)24-11-13-9-14(19)7-8-16(13)26-17(20)21;/h3-9,17H,10-11H2,1-2H3,(H2,22,23,24);1H. The van der Waals surface area contributed by atoms with Crippen molar-refractivity contribution >= 4 is 41.5 Å². The molecule has 2 aromatic carbocycles. The summed E-state index contributed by atoms with van der Waals surface area (Å²) in [6, 6.07) is 12.1. The van der Waals surface area contributed by atoms with Gasteiger partial charge >= 0.3 is 6.61 Å². The Morgan fingerprint density at radius 2 is 1.74 bits per heavy atom. The van der Waals surface area contributed by atoms with E-state index in [0.717, 1.165) is 11.3 Å². The van der Waals surface area contributed by atoms with Crippen molar-refractivity contribution in [1.29, 1.82) is 0 Å². The predicted molar refractivity (Wildman–Crippen MR) is 114 cm³/mol. The van der Waals surface area contributed by atoms with E-state index in [4.69, 9.17) is 16.3 Å². The fourth-order valence-corrected chi connectivity index (χ4v) is 2.52. The second kappa shape index (κ2) is 11.8. The average molecular weight is 512 g/mol. The van der Waals surface area contributed by atoms with E-state index >= 15 is 0 Å². The zero-order valence-electron chi connectivity index (χ0n) is 14.8. The number of para-hydroxylation sites is 1. The van der Waals surface area contributed by atoms with Crippen LogP contribution in [0.3, 0.4) is 0 Å². The Hall–Kier alpha value is -1.81. The first-order valence-corrected chi connectivity index (χ1v) is 8.21. The summed E-state index contributed by atoms with van der Waals surface area (Å²) < 4.78 is 34.9. The summed E-state index contributed by atoms with van der Waals surface area (Å²) in [7, 11) is 3.22. The minimum atomic E-state index is -2.90. The number of hydrogen-bond donors (Lipinski definition) is 2. The lowest BCUT2D eigenvalue weighted by Crippen LogP contribution is -2.36. The maximum absolute atomic E-state index is 12.5. The van der Waals surface area contributed by atoms with Gasteiger partial charge in [0.25, 0.3) is 0 Å². The maximum Gasteiger partial charge on any atom is 0.387 e. The molecule has 0 unspecified atom stereocenters. The maximum atomic E-state index is 12.5. The van der Waals surface area contributed by atoms with Crippen LogP contribution < -0.4 is 20.1 Å². The van der Waals surface area contributed by atoms with E-state index in [-0.39, 0.29) is 36.3 Å². The number of rotatable bonds is 7. The number of aliphatic imine (C=N–C) groups is 1. The molecule has 2 rings (SSSR count). The third-order valence-corrected chi connectivity index (χ3v) is 3.78. The van der Waals surface area contributed by atoms with Gasteiger partial charge < -0.3 is 20.1 Å².